The predicted octanol–water partition coefficient (Wildman–Crippen LogP) is 2.87. The van der Waals surface area contributed by atoms with Gasteiger partial charge >= 0.3 is 0 Å². The first-order valence-electron chi connectivity index (χ1n) is 13.9. The molecular weight excluding hydrogens is 482 g/mol. The highest BCUT2D eigenvalue weighted by Gasteiger charge is 2.39. The van der Waals surface area contributed by atoms with E-state index in [9.17, 15) is 4.79 Å². The number of nitrogens with zero attached hydrogens (tertiary/aromatic N) is 5. The highest BCUT2D eigenvalue weighted by Crippen LogP contribution is 2.32. The van der Waals surface area contributed by atoms with Crippen molar-refractivity contribution in [2.45, 2.75) is 115 Å². The summed E-state index contributed by atoms with van der Waals surface area (Å²) >= 11 is 0. The molecule has 11 heteroatoms. The summed E-state index contributed by atoms with van der Waals surface area (Å²) in [6.07, 6.45) is 5.01. The van der Waals surface area contributed by atoms with Gasteiger partial charge in [0.15, 0.2) is 0 Å². The third-order valence-corrected chi connectivity index (χ3v) is 7.28. The molecule has 3 saturated heterocycles. The van der Waals surface area contributed by atoms with Crippen LogP contribution >= 0.6 is 0 Å². The van der Waals surface area contributed by atoms with Gasteiger partial charge in [-0.05, 0) is 81.1 Å². The molecule has 0 bridgehead atoms. The van der Waals surface area contributed by atoms with Gasteiger partial charge in [-0.25, -0.2) is 4.99 Å². The molecule has 212 valence electrons. The second kappa shape index (κ2) is 10.7. The quantitative estimate of drug-likeness (QED) is 0.411. The van der Waals surface area contributed by atoms with E-state index in [1.807, 2.05) is 0 Å². The predicted molar refractivity (Wildman–Crippen MR) is 151 cm³/mol. The monoisotopic (exact) mass is 529 g/mol. The fourth-order valence-corrected chi connectivity index (χ4v) is 6.74. The van der Waals surface area contributed by atoms with Gasteiger partial charge in [0.1, 0.15) is 0 Å². The average Bonchev–Trinajstić information content (AvgIpc) is 2.73. The molecule has 0 spiro atoms. The molecule has 3 aliphatic heterocycles. The molecule has 0 unspecified atom stereocenters. The molecule has 4 N–H and O–H groups in total. The van der Waals surface area contributed by atoms with Crippen LogP contribution in [0.25, 0.3) is 0 Å². The number of ether oxygens (including phenoxy) is 1. The second-order valence-electron chi connectivity index (χ2n) is 13.8. The molecule has 0 atom stereocenters. The lowest BCUT2D eigenvalue weighted by Gasteiger charge is -2.46. The van der Waals surface area contributed by atoms with Gasteiger partial charge in [0.05, 0.1) is 19.4 Å². The zero-order valence-electron chi connectivity index (χ0n) is 24.4. The first kappa shape index (κ1) is 28.6. The molecule has 4 heterocycles. The van der Waals surface area contributed by atoms with Crippen LogP contribution in [0.1, 0.15) is 81.1 Å². The fourth-order valence-electron chi connectivity index (χ4n) is 6.74. The molecule has 0 aliphatic carbocycles. The topological polar surface area (TPSA) is 129 Å². The minimum Gasteiger partial charge on any atom is -0.378 e. The van der Waals surface area contributed by atoms with Gasteiger partial charge in [-0.15, -0.1) is 0 Å². The Morgan fingerprint density at radius 2 is 1.24 bits per heavy atom. The van der Waals surface area contributed by atoms with Crippen LogP contribution in [-0.4, -0.2) is 92.5 Å². The minimum absolute atomic E-state index is 0.0225. The molecule has 1 amide bonds. The zero-order chi connectivity index (χ0) is 27.8. The molecule has 3 aliphatic rings. The number of hydrogen-bond acceptors (Lipinski definition) is 10. The summed E-state index contributed by atoms with van der Waals surface area (Å²) < 4.78 is 5.35. The van der Waals surface area contributed by atoms with Gasteiger partial charge < -0.3 is 30.9 Å². The molecular formula is C27H47N9O2. The van der Waals surface area contributed by atoms with Crippen molar-refractivity contribution in [3.8, 4) is 0 Å². The third-order valence-electron chi connectivity index (χ3n) is 7.28. The van der Waals surface area contributed by atoms with E-state index < -0.39 is 0 Å². The van der Waals surface area contributed by atoms with E-state index in [0.717, 1.165) is 25.7 Å². The van der Waals surface area contributed by atoms with Crippen molar-refractivity contribution in [1.29, 1.82) is 0 Å². The summed E-state index contributed by atoms with van der Waals surface area (Å²) in [5.74, 6) is 0.992. The Bertz CT molecular complexity index is 941. The van der Waals surface area contributed by atoms with Crippen LogP contribution in [0.2, 0.25) is 0 Å². The van der Waals surface area contributed by atoms with Gasteiger partial charge in [0.25, 0.3) is 11.9 Å². The number of nitrogens with one attached hydrogen (secondary N) is 4. The Kier molecular flexibility index (Phi) is 8.03. The molecule has 4 rings (SSSR count). The fraction of sp³-hybridized carbons (Fsp3) is 0.815. The number of amides is 1. The number of aliphatic imine (C=N–C) groups is 1. The van der Waals surface area contributed by atoms with Gasteiger partial charge in [-0.1, -0.05) is 0 Å². The summed E-state index contributed by atoms with van der Waals surface area (Å²) in [5.41, 5.74) is -0.0899. The number of carbonyl (C=O) groups excluding carboxylic acids is 1. The molecule has 3 fully saturated rings. The van der Waals surface area contributed by atoms with Gasteiger partial charge in [0.2, 0.25) is 11.9 Å². The van der Waals surface area contributed by atoms with Crippen LogP contribution in [0.5, 0.6) is 0 Å². The Labute approximate surface area is 227 Å². The lowest BCUT2D eigenvalue weighted by Crippen LogP contribution is -2.60. The van der Waals surface area contributed by atoms with E-state index in [1.165, 1.54) is 6.21 Å². The SMILES string of the molecule is CC1(C)CC(Nc2nc(/N=C/C(=O)N3CCOCC3)nc(NC3CC(C)(C)NC(C)(C)C3)n2)CC(C)(C)N1. The van der Waals surface area contributed by atoms with Crippen LogP contribution in [0, 0.1) is 0 Å². The number of piperidine rings is 2. The first-order chi connectivity index (χ1) is 17.6. The van der Waals surface area contributed by atoms with Gasteiger partial charge in [-0.2, -0.15) is 15.0 Å². The maximum absolute atomic E-state index is 12.7. The zero-order valence-corrected chi connectivity index (χ0v) is 24.4. The van der Waals surface area contributed by atoms with Crippen molar-refractivity contribution in [1.82, 2.24) is 30.5 Å². The summed E-state index contributed by atoms with van der Waals surface area (Å²) in [5, 5.41) is 14.5. The lowest BCUT2D eigenvalue weighted by molar-refractivity contribution is -0.127. The van der Waals surface area contributed by atoms with Crippen molar-refractivity contribution < 1.29 is 9.53 Å². The molecule has 11 nitrogen and oxygen atoms in total. The van der Waals surface area contributed by atoms with Crippen LogP contribution in [0.15, 0.2) is 4.99 Å². The summed E-state index contributed by atoms with van der Waals surface area (Å²) in [6, 6.07) is 0.361. The number of rotatable bonds is 6. The van der Waals surface area contributed by atoms with Gasteiger partial charge in [-0.3, -0.25) is 4.79 Å². The van der Waals surface area contributed by atoms with Crippen LogP contribution in [0.3, 0.4) is 0 Å². The van der Waals surface area contributed by atoms with E-state index >= 15 is 0 Å². The number of aromatic nitrogens is 3. The minimum atomic E-state index is -0.165. The molecule has 0 radical (unpaired) electrons. The standard InChI is InChI=1S/C27H47N9O2/c1-24(2)13-18(14-25(3,4)34-24)29-22-31-21(28-17-20(37)36-9-11-38-12-10-36)32-23(33-22)30-19-15-26(5,6)35-27(7,8)16-19/h17-19,34-35H,9-16H2,1-8H3,(H2,29,30,31,32,33)/b28-17+. The van der Waals surface area contributed by atoms with E-state index in [2.05, 4.69) is 91.6 Å². The largest absolute Gasteiger partial charge is 0.378 e. The smallest absolute Gasteiger partial charge is 0.265 e. The highest BCUT2D eigenvalue weighted by molar-refractivity contribution is 6.26. The third kappa shape index (κ3) is 8.07. The van der Waals surface area contributed by atoms with E-state index in [0.29, 0.717) is 38.2 Å². The number of anilines is 2. The molecule has 0 saturated carbocycles. The summed E-state index contributed by atoms with van der Waals surface area (Å²) in [6.45, 7) is 20.0. The molecule has 0 aromatic carbocycles. The van der Waals surface area contributed by atoms with Crippen molar-refractivity contribution in [2.75, 3.05) is 36.9 Å². The van der Waals surface area contributed by atoms with E-state index in [4.69, 9.17) is 9.72 Å². The van der Waals surface area contributed by atoms with Crippen molar-refractivity contribution in [2.24, 2.45) is 4.99 Å². The first-order valence-corrected chi connectivity index (χ1v) is 13.9. The maximum Gasteiger partial charge on any atom is 0.265 e. The van der Waals surface area contributed by atoms with E-state index in [1.54, 1.807) is 4.90 Å². The normalized spacial score (nSPS) is 25.3. The number of morpholine rings is 1. The van der Waals surface area contributed by atoms with Crippen molar-refractivity contribution in [3.63, 3.8) is 0 Å². The second-order valence-corrected chi connectivity index (χ2v) is 13.8. The average molecular weight is 530 g/mol. The Morgan fingerprint density at radius 1 is 0.816 bits per heavy atom. The van der Waals surface area contributed by atoms with E-state index in [-0.39, 0.29) is 46.1 Å². The Balaban J connectivity index is 1.57. The Hall–Kier alpha value is -2.37. The van der Waals surface area contributed by atoms with Crippen LogP contribution < -0.4 is 21.3 Å². The van der Waals surface area contributed by atoms with Gasteiger partial charge in [0, 0.05) is 47.3 Å². The van der Waals surface area contributed by atoms with Crippen LogP contribution in [0.4, 0.5) is 17.8 Å². The number of carbonyl (C=O) groups is 1. The van der Waals surface area contributed by atoms with Crippen molar-refractivity contribution >= 4 is 30.0 Å². The van der Waals surface area contributed by atoms with Crippen LogP contribution in [-0.2, 0) is 9.53 Å². The van der Waals surface area contributed by atoms with Crippen molar-refractivity contribution in [3.05, 3.63) is 0 Å². The summed E-state index contributed by atoms with van der Waals surface area (Å²) in [7, 11) is 0. The maximum atomic E-state index is 12.7. The molecule has 1 aromatic rings. The summed E-state index contributed by atoms with van der Waals surface area (Å²) in [4.78, 5) is 32.7. The molecule has 1 aromatic heterocycles. The number of hydrogen-bond donors (Lipinski definition) is 4. The lowest BCUT2D eigenvalue weighted by atomic mass is 9.79. The highest BCUT2D eigenvalue weighted by atomic mass is 16.5. The Morgan fingerprint density at radius 3 is 1.66 bits per heavy atom. The molecule has 38 heavy (non-hydrogen) atoms.